The third-order valence-corrected chi connectivity index (χ3v) is 7.20. The lowest BCUT2D eigenvalue weighted by Gasteiger charge is -2.28. The Labute approximate surface area is 226 Å². The number of fused-ring (bicyclic) bond motifs is 1. The van der Waals surface area contributed by atoms with E-state index in [4.69, 9.17) is 16.3 Å². The Hall–Kier alpha value is -3.69. The highest BCUT2D eigenvalue weighted by molar-refractivity contribution is 6.34. The maximum atomic E-state index is 14.3. The smallest absolute Gasteiger partial charge is 0.255 e. The maximum absolute atomic E-state index is 14.3. The SMILES string of the molecule is COc1ccc(-c2cnc3c(Nc4ccc(C(=O)N(C)CCN5CCCCC5)c(Cl)c4)nccn23)cc1F. The van der Waals surface area contributed by atoms with E-state index in [9.17, 15) is 9.18 Å². The first-order valence-corrected chi connectivity index (χ1v) is 13.0. The van der Waals surface area contributed by atoms with Gasteiger partial charge >= 0.3 is 0 Å². The maximum Gasteiger partial charge on any atom is 0.255 e. The first-order valence-electron chi connectivity index (χ1n) is 12.6. The van der Waals surface area contributed by atoms with Crippen LogP contribution < -0.4 is 10.1 Å². The molecule has 10 heteroatoms. The van der Waals surface area contributed by atoms with Crippen molar-refractivity contribution in [2.24, 2.45) is 0 Å². The number of amides is 1. The van der Waals surface area contributed by atoms with E-state index in [2.05, 4.69) is 20.2 Å². The van der Waals surface area contributed by atoms with Crippen molar-refractivity contribution in [2.75, 3.05) is 45.7 Å². The van der Waals surface area contributed by atoms with Crippen LogP contribution in [0.4, 0.5) is 15.9 Å². The molecule has 3 heterocycles. The molecule has 0 bridgehead atoms. The monoisotopic (exact) mass is 536 g/mol. The van der Waals surface area contributed by atoms with Crippen molar-refractivity contribution in [3.63, 3.8) is 0 Å². The number of rotatable bonds is 8. The molecule has 2 aromatic heterocycles. The van der Waals surface area contributed by atoms with Crippen molar-refractivity contribution in [1.82, 2.24) is 24.2 Å². The van der Waals surface area contributed by atoms with Crippen LogP contribution in [0.15, 0.2) is 55.0 Å². The number of methoxy groups -OCH3 is 1. The Kier molecular flexibility index (Phi) is 7.76. The molecule has 1 aliphatic rings. The molecule has 0 atom stereocenters. The number of hydrogen-bond donors (Lipinski definition) is 1. The van der Waals surface area contributed by atoms with Crippen LogP contribution >= 0.6 is 11.6 Å². The van der Waals surface area contributed by atoms with Crippen LogP contribution in [0.2, 0.25) is 5.02 Å². The van der Waals surface area contributed by atoms with E-state index >= 15 is 0 Å². The van der Waals surface area contributed by atoms with E-state index in [0.29, 0.717) is 45.5 Å². The van der Waals surface area contributed by atoms with Crippen molar-refractivity contribution in [3.8, 4) is 17.0 Å². The topological polar surface area (TPSA) is 75.0 Å². The molecular formula is C28H30ClFN6O2. The molecule has 38 heavy (non-hydrogen) atoms. The minimum absolute atomic E-state index is 0.108. The summed E-state index contributed by atoms with van der Waals surface area (Å²) in [6.07, 6.45) is 8.80. The average Bonchev–Trinajstić information content (AvgIpc) is 3.37. The number of piperidine rings is 1. The Bertz CT molecular complexity index is 1450. The van der Waals surface area contributed by atoms with Gasteiger partial charge in [0.15, 0.2) is 23.0 Å². The Morgan fingerprint density at radius 3 is 2.71 bits per heavy atom. The van der Waals surface area contributed by atoms with E-state index in [-0.39, 0.29) is 11.7 Å². The number of hydrogen-bond acceptors (Lipinski definition) is 6. The van der Waals surface area contributed by atoms with E-state index in [1.54, 1.807) is 53.8 Å². The number of benzene rings is 2. The molecule has 0 spiro atoms. The summed E-state index contributed by atoms with van der Waals surface area (Å²) >= 11 is 6.54. The number of carbonyl (C=O) groups excluding carboxylic acids is 1. The quantitative estimate of drug-likeness (QED) is 0.320. The third kappa shape index (κ3) is 5.44. The normalized spacial score (nSPS) is 14.0. The fourth-order valence-corrected chi connectivity index (χ4v) is 4.99. The van der Waals surface area contributed by atoms with Gasteiger partial charge in [0.05, 0.1) is 29.6 Å². The number of likely N-dealkylation sites (N-methyl/N-ethyl adjacent to an activating group) is 1. The van der Waals surface area contributed by atoms with Gasteiger partial charge in [-0.25, -0.2) is 14.4 Å². The largest absolute Gasteiger partial charge is 0.494 e. The summed E-state index contributed by atoms with van der Waals surface area (Å²) in [5.41, 5.74) is 3.05. The van der Waals surface area contributed by atoms with Gasteiger partial charge in [-0.2, -0.15) is 0 Å². The molecule has 198 valence electrons. The number of imidazole rings is 1. The second-order valence-corrected chi connectivity index (χ2v) is 9.82. The molecule has 1 fully saturated rings. The average molecular weight is 537 g/mol. The summed E-state index contributed by atoms with van der Waals surface area (Å²) in [5, 5.41) is 3.60. The Balaban J connectivity index is 1.31. The third-order valence-electron chi connectivity index (χ3n) is 6.88. The molecule has 0 unspecified atom stereocenters. The summed E-state index contributed by atoms with van der Waals surface area (Å²) in [6, 6.07) is 10.0. The molecular weight excluding hydrogens is 507 g/mol. The zero-order valence-corrected chi connectivity index (χ0v) is 22.2. The minimum Gasteiger partial charge on any atom is -0.494 e. The number of nitrogens with zero attached hydrogens (tertiary/aromatic N) is 5. The summed E-state index contributed by atoms with van der Waals surface area (Å²) in [5.74, 6) is 0.123. The van der Waals surface area contributed by atoms with Crippen molar-refractivity contribution >= 4 is 34.7 Å². The van der Waals surface area contributed by atoms with Crippen molar-refractivity contribution in [1.29, 1.82) is 0 Å². The molecule has 4 aromatic rings. The van der Waals surface area contributed by atoms with Gasteiger partial charge in [-0.15, -0.1) is 0 Å². The number of carbonyl (C=O) groups is 1. The van der Waals surface area contributed by atoms with Crippen molar-refractivity contribution in [2.45, 2.75) is 19.3 Å². The predicted molar refractivity (Wildman–Crippen MR) is 147 cm³/mol. The van der Waals surface area contributed by atoms with Gasteiger partial charge in [-0.1, -0.05) is 18.0 Å². The molecule has 1 saturated heterocycles. The van der Waals surface area contributed by atoms with Gasteiger partial charge in [-0.05, 0) is 62.3 Å². The molecule has 5 rings (SSSR count). The van der Waals surface area contributed by atoms with Crippen LogP contribution in [-0.2, 0) is 0 Å². The number of nitrogens with one attached hydrogen (secondary N) is 1. The second-order valence-electron chi connectivity index (χ2n) is 9.41. The molecule has 0 saturated carbocycles. The van der Waals surface area contributed by atoms with Gasteiger partial charge in [-0.3, -0.25) is 9.20 Å². The van der Waals surface area contributed by atoms with Gasteiger partial charge < -0.3 is 19.9 Å². The van der Waals surface area contributed by atoms with Gasteiger partial charge in [0, 0.05) is 43.8 Å². The summed E-state index contributed by atoms with van der Waals surface area (Å²) < 4.78 is 21.1. The zero-order chi connectivity index (χ0) is 26.6. The van der Waals surface area contributed by atoms with Crippen LogP contribution in [-0.4, -0.2) is 70.4 Å². The van der Waals surface area contributed by atoms with Crippen molar-refractivity contribution in [3.05, 3.63) is 71.4 Å². The lowest BCUT2D eigenvalue weighted by Crippen LogP contribution is -2.38. The summed E-state index contributed by atoms with van der Waals surface area (Å²) in [4.78, 5) is 26.1. The predicted octanol–water partition coefficient (Wildman–Crippen LogP) is 5.50. The number of ether oxygens (including phenoxy) is 1. The fourth-order valence-electron chi connectivity index (χ4n) is 4.73. The molecule has 0 aliphatic carbocycles. The number of anilines is 2. The first-order chi connectivity index (χ1) is 18.4. The Morgan fingerprint density at radius 2 is 1.97 bits per heavy atom. The second kappa shape index (κ2) is 11.4. The molecule has 1 aliphatic heterocycles. The van der Waals surface area contributed by atoms with E-state index < -0.39 is 5.82 Å². The standard InChI is InChI=1S/C28H30ClFN6O2/c1-34(14-15-35-11-4-3-5-12-35)28(37)21-8-7-20(17-22(21)29)33-26-27-32-18-24(36(27)13-10-31-26)19-6-9-25(38-2)23(30)16-19/h6-10,13,16-18H,3-5,11-12,14-15H2,1-2H3,(H,31,33). The van der Waals surface area contributed by atoms with Crippen LogP contribution in [0.3, 0.4) is 0 Å². The molecule has 1 amide bonds. The molecule has 8 nitrogen and oxygen atoms in total. The minimum atomic E-state index is -0.450. The van der Waals surface area contributed by atoms with Crippen LogP contribution in [0, 0.1) is 5.82 Å². The van der Waals surface area contributed by atoms with Gasteiger partial charge in [0.1, 0.15) is 0 Å². The van der Waals surface area contributed by atoms with E-state index in [0.717, 1.165) is 19.6 Å². The number of halogens is 2. The highest BCUT2D eigenvalue weighted by Crippen LogP contribution is 2.29. The lowest BCUT2D eigenvalue weighted by atomic mass is 10.1. The summed E-state index contributed by atoms with van der Waals surface area (Å²) in [7, 11) is 3.24. The summed E-state index contributed by atoms with van der Waals surface area (Å²) in [6.45, 7) is 3.71. The highest BCUT2D eigenvalue weighted by Gasteiger charge is 2.18. The number of aromatic nitrogens is 3. The molecule has 1 N–H and O–H groups in total. The van der Waals surface area contributed by atoms with Crippen LogP contribution in [0.25, 0.3) is 16.9 Å². The Morgan fingerprint density at radius 1 is 1.16 bits per heavy atom. The van der Waals surface area contributed by atoms with Crippen molar-refractivity contribution < 1.29 is 13.9 Å². The molecule has 0 radical (unpaired) electrons. The lowest BCUT2D eigenvalue weighted by molar-refractivity contribution is 0.0773. The molecule has 2 aromatic carbocycles. The number of likely N-dealkylation sites (tertiary alicyclic amines) is 1. The van der Waals surface area contributed by atoms with E-state index in [1.807, 2.05) is 11.4 Å². The van der Waals surface area contributed by atoms with Crippen LogP contribution in [0.1, 0.15) is 29.6 Å². The fraction of sp³-hybridized carbons (Fsp3) is 0.321. The first kappa shape index (κ1) is 25.9. The van der Waals surface area contributed by atoms with Crippen LogP contribution in [0.5, 0.6) is 5.75 Å². The van der Waals surface area contributed by atoms with Gasteiger partial charge in [0.2, 0.25) is 0 Å². The highest BCUT2D eigenvalue weighted by atomic mass is 35.5. The van der Waals surface area contributed by atoms with E-state index in [1.165, 1.54) is 32.4 Å². The van der Waals surface area contributed by atoms with Gasteiger partial charge in [0.25, 0.3) is 5.91 Å². The zero-order valence-electron chi connectivity index (χ0n) is 21.5.